The third-order valence-corrected chi connectivity index (χ3v) is 4.67. The number of aliphatic imine (C=N–C) groups is 1. The van der Waals surface area contributed by atoms with Gasteiger partial charge in [-0.1, -0.05) is 12.1 Å². The van der Waals surface area contributed by atoms with Crippen LogP contribution in [0.25, 0.3) is 10.9 Å². The van der Waals surface area contributed by atoms with Gasteiger partial charge < -0.3 is 25.5 Å². The maximum absolute atomic E-state index is 13.3. The highest BCUT2D eigenvalue weighted by Gasteiger charge is 2.10. The average Bonchev–Trinajstić information content (AvgIpc) is 3.13. The van der Waals surface area contributed by atoms with E-state index in [4.69, 9.17) is 0 Å². The summed E-state index contributed by atoms with van der Waals surface area (Å²) in [6.07, 6.45) is 1.67. The molecule has 1 aromatic heterocycles. The summed E-state index contributed by atoms with van der Waals surface area (Å²) < 4.78 is 42.1. The Morgan fingerprint density at radius 1 is 1.16 bits per heavy atom. The molecule has 0 aliphatic heterocycles. The van der Waals surface area contributed by atoms with Gasteiger partial charge in [-0.15, -0.1) is 0 Å². The van der Waals surface area contributed by atoms with Crippen molar-refractivity contribution < 1.29 is 23.0 Å². The number of nitrogens with zero attached hydrogens (tertiary/aromatic N) is 1. The van der Waals surface area contributed by atoms with Crippen LogP contribution in [0.15, 0.2) is 53.7 Å². The number of aromatic nitrogens is 1. The molecule has 4 N–H and O–H groups in total. The van der Waals surface area contributed by atoms with E-state index in [1.54, 1.807) is 6.07 Å². The van der Waals surface area contributed by atoms with Crippen molar-refractivity contribution in [3.63, 3.8) is 0 Å². The highest BCUT2D eigenvalue weighted by Crippen LogP contribution is 2.20. The Labute approximate surface area is 178 Å². The number of nitrogens with one attached hydrogen (secondary N) is 3. The van der Waals surface area contributed by atoms with E-state index < -0.39 is 12.7 Å². The maximum Gasteiger partial charge on any atom is 0.387 e. The topological polar surface area (TPSA) is 81.7 Å². The van der Waals surface area contributed by atoms with Crippen LogP contribution < -0.4 is 15.4 Å². The van der Waals surface area contributed by atoms with Gasteiger partial charge in [0.05, 0.1) is 12.6 Å². The number of fused-ring (bicyclic) bond motifs is 1. The molecule has 2 aromatic carbocycles. The van der Waals surface area contributed by atoms with Gasteiger partial charge in [-0.05, 0) is 54.8 Å². The fourth-order valence-corrected chi connectivity index (χ4v) is 3.18. The van der Waals surface area contributed by atoms with Crippen LogP contribution in [0.1, 0.15) is 24.2 Å². The minimum absolute atomic E-state index is 0.0319. The SMILES string of the molecule is CCNC(=NCC(O)c1ccc(OC(F)F)cc1)NCCc1c[nH]c2cc(F)ccc12. The Morgan fingerprint density at radius 3 is 2.65 bits per heavy atom. The lowest BCUT2D eigenvalue weighted by Crippen LogP contribution is -2.38. The Bertz CT molecular complexity index is 1010. The number of alkyl halides is 2. The number of hydrogen-bond donors (Lipinski definition) is 4. The van der Waals surface area contributed by atoms with Crippen LogP contribution in [-0.2, 0) is 6.42 Å². The molecule has 1 heterocycles. The third-order valence-electron chi connectivity index (χ3n) is 4.67. The van der Waals surface area contributed by atoms with E-state index in [1.165, 1.54) is 36.4 Å². The van der Waals surface area contributed by atoms with Crippen LogP contribution in [0, 0.1) is 5.82 Å². The molecule has 0 radical (unpaired) electrons. The quantitative estimate of drug-likeness (QED) is 0.306. The zero-order valence-electron chi connectivity index (χ0n) is 17.0. The fourth-order valence-electron chi connectivity index (χ4n) is 3.18. The second-order valence-electron chi connectivity index (χ2n) is 6.86. The van der Waals surface area contributed by atoms with E-state index in [0.717, 1.165) is 16.5 Å². The zero-order valence-corrected chi connectivity index (χ0v) is 17.0. The first-order valence-corrected chi connectivity index (χ1v) is 9.96. The monoisotopic (exact) mass is 434 g/mol. The molecule has 0 bridgehead atoms. The van der Waals surface area contributed by atoms with Crippen LogP contribution >= 0.6 is 0 Å². The highest BCUT2D eigenvalue weighted by atomic mass is 19.3. The molecular formula is C22H25F3N4O2. The number of guanidine groups is 1. The smallest absolute Gasteiger partial charge is 0.387 e. The molecule has 0 fully saturated rings. The summed E-state index contributed by atoms with van der Waals surface area (Å²) in [7, 11) is 0. The first kappa shape index (κ1) is 22.5. The molecule has 0 saturated heterocycles. The molecule has 0 saturated carbocycles. The molecule has 0 aliphatic carbocycles. The molecule has 1 atom stereocenters. The Morgan fingerprint density at radius 2 is 1.94 bits per heavy atom. The summed E-state index contributed by atoms with van der Waals surface area (Å²) in [5, 5.41) is 17.6. The van der Waals surface area contributed by atoms with E-state index in [-0.39, 0.29) is 18.1 Å². The van der Waals surface area contributed by atoms with Crippen LogP contribution in [0.2, 0.25) is 0 Å². The number of ether oxygens (including phenoxy) is 1. The van der Waals surface area contributed by atoms with Crippen LogP contribution in [0.3, 0.4) is 0 Å². The minimum Gasteiger partial charge on any atom is -0.435 e. The van der Waals surface area contributed by atoms with Crippen molar-refractivity contribution in [2.45, 2.75) is 26.1 Å². The van der Waals surface area contributed by atoms with E-state index in [0.29, 0.717) is 31.0 Å². The Hall–Kier alpha value is -3.20. The summed E-state index contributed by atoms with van der Waals surface area (Å²) in [4.78, 5) is 7.46. The predicted molar refractivity (Wildman–Crippen MR) is 114 cm³/mol. The molecule has 9 heteroatoms. The summed E-state index contributed by atoms with van der Waals surface area (Å²) in [6.45, 7) is 0.375. The van der Waals surface area contributed by atoms with Crippen molar-refractivity contribution in [2.75, 3.05) is 19.6 Å². The molecule has 166 valence electrons. The number of aliphatic hydroxyl groups excluding tert-OH is 1. The lowest BCUT2D eigenvalue weighted by atomic mass is 10.1. The fraction of sp³-hybridized carbons (Fsp3) is 0.318. The largest absolute Gasteiger partial charge is 0.435 e. The van der Waals surface area contributed by atoms with Crippen LogP contribution in [0.5, 0.6) is 5.75 Å². The van der Waals surface area contributed by atoms with E-state index in [9.17, 15) is 18.3 Å². The number of benzene rings is 2. The van der Waals surface area contributed by atoms with Gasteiger partial charge in [0.2, 0.25) is 0 Å². The second kappa shape index (κ2) is 10.7. The van der Waals surface area contributed by atoms with Gasteiger partial charge in [0.25, 0.3) is 0 Å². The average molecular weight is 434 g/mol. The summed E-state index contributed by atoms with van der Waals surface area (Å²) in [5.74, 6) is 0.296. The van der Waals surface area contributed by atoms with Crippen molar-refractivity contribution in [3.8, 4) is 5.75 Å². The van der Waals surface area contributed by atoms with E-state index >= 15 is 0 Å². The lowest BCUT2D eigenvalue weighted by molar-refractivity contribution is -0.0498. The molecule has 0 spiro atoms. The van der Waals surface area contributed by atoms with Gasteiger partial charge in [-0.3, -0.25) is 4.99 Å². The summed E-state index contributed by atoms with van der Waals surface area (Å²) in [6, 6.07) is 10.5. The molecule has 6 nitrogen and oxygen atoms in total. The van der Waals surface area contributed by atoms with Gasteiger partial charge in [-0.25, -0.2) is 4.39 Å². The molecule has 0 amide bonds. The van der Waals surface area contributed by atoms with Crippen molar-refractivity contribution in [3.05, 3.63) is 65.6 Å². The van der Waals surface area contributed by atoms with Crippen molar-refractivity contribution in [1.82, 2.24) is 15.6 Å². The molecule has 1 unspecified atom stereocenters. The predicted octanol–water partition coefficient (Wildman–Crippen LogP) is 3.74. The van der Waals surface area contributed by atoms with Crippen molar-refractivity contribution in [2.24, 2.45) is 4.99 Å². The molecule has 0 aliphatic rings. The number of aromatic amines is 1. The van der Waals surface area contributed by atoms with Crippen molar-refractivity contribution in [1.29, 1.82) is 0 Å². The zero-order chi connectivity index (χ0) is 22.2. The second-order valence-corrected chi connectivity index (χ2v) is 6.86. The third kappa shape index (κ3) is 6.39. The molecule has 3 rings (SSSR count). The Balaban J connectivity index is 1.55. The number of rotatable bonds is 9. The number of hydrogen-bond acceptors (Lipinski definition) is 3. The van der Waals surface area contributed by atoms with Gasteiger partial charge >= 0.3 is 6.61 Å². The standard InChI is InChI=1S/C22H25F3N4O2/c1-2-26-22(27-10-9-15-12-28-19-11-16(23)5-8-18(15)19)29-13-20(30)14-3-6-17(7-4-14)31-21(24)25/h3-8,11-12,20-21,28,30H,2,9-10,13H2,1H3,(H2,26,27,29). The molecule has 31 heavy (non-hydrogen) atoms. The molecular weight excluding hydrogens is 409 g/mol. The highest BCUT2D eigenvalue weighted by molar-refractivity contribution is 5.83. The van der Waals surface area contributed by atoms with Crippen LogP contribution in [0.4, 0.5) is 13.2 Å². The minimum atomic E-state index is -2.89. The first-order valence-electron chi connectivity index (χ1n) is 9.96. The van der Waals surface area contributed by atoms with E-state index in [2.05, 4.69) is 25.3 Å². The van der Waals surface area contributed by atoms with Gasteiger partial charge in [0.1, 0.15) is 11.6 Å². The maximum atomic E-state index is 13.3. The number of H-pyrrole nitrogens is 1. The first-order chi connectivity index (χ1) is 15.0. The van der Waals surface area contributed by atoms with Gasteiger partial charge in [0.15, 0.2) is 5.96 Å². The van der Waals surface area contributed by atoms with Crippen LogP contribution in [-0.4, -0.2) is 42.3 Å². The summed E-state index contributed by atoms with van der Waals surface area (Å²) in [5.41, 5.74) is 2.36. The number of aliphatic hydroxyl groups is 1. The van der Waals surface area contributed by atoms with Gasteiger partial charge in [-0.2, -0.15) is 8.78 Å². The Kier molecular flexibility index (Phi) is 7.77. The van der Waals surface area contributed by atoms with Gasteiger partial charge in [0, 0.05) is 30.2 Å². The normalized spacial score (nSPS) is 12.9. The van der Waals surface area contributed by atoms with Crippen molar-refractivity contribution >= 4 is 16.9 Å². The molecule has 3 aromatic rings. The lowest BCUT2D eigenvalue weighted by Gasteiger charge is -2.14. The van der Waals surface area contributed by atoms with E-state index in [1.807, 2.05) is 13.1 Å². The summed E-state index contributed by atoms with van der Waals surface area (Å²) >= 11 is 0. The number of halogens is 3.